The van der Waals surface area contributed by atoms with Crippen LogP contribution in [0.15, 0.2) is 48.5 Å². The van der Waals surface area contributed by atoms with Gasteiger partial charge in [-0.1, -0.05) is 5.92 Å². The normalized spacial score (nSPS) is 19.4. The van der Waals surface area contributed by atoms with Gasteiger partial charge in [0.05, 0.1) is 25.9 Å². The van der Waals surface area contributed by atoms with Crippen LogP contribution in [0, 0.1) is 12.3 Å². The van der Waals surface area contributed by atoms with Gasteiger partial charge in [0.15, 0.2) is 0 Å². The Hall–Kier alpha value is -3.91. The Morgan fingerprint density at radius 3 is 2.46 bits per heavy atom. The minimum absolute atomic E-state index is 0.0553. The summed E-state index contributed by atoms with van der Waals surface area (Å²) in [6.45, 7) is 2.05. The number of methoxy groups -OCH3 is 1. The number of anilines is 3. The predicted octanol–water partition coefficient (Wildman–Crippen LogP) is 2.31. The van der Waals surface area contributed by atoms with E-state index in [0.717, 1.165) is 5.69 Å². The van der Waals surface area contributed by atoms with E-state index < -0.39 is 12.1 Å². The highest BCUT2D eigenvalue weighted by Gasteiger charge is 2.40. The first-order valence-electron chi connectivity index (χ1n) is 12.0. The molecule has 0 spiro atoms. The van der Waals surface area contributed by atoms with Gasteiger partial charge < -0.3 is 34.6 Å². The number of carbonyl (C=O) groups is 3. The summed E-state index contributed by atoms with van der Waals surface area (Å²) in [6.07, 6.45) is 5.43. The quantitative estimate of drug-likeness (QED) is 0.420. The number of ether oxygens (including phenoxy) is 3. The van der Waals surface area contributed by atoms with Crippen LogP contribution in [0.25, 0.3) is 0 Å². The molecular weight excluding hydrogens is 476 g/mol. The first kappa shape index (κ1) is 26.2. The van der Waals surface area contributed by atoms with Gasteiger partial charge >= 0.3 is 6.03 Å². The third kappa shape index (κ3) is 6.65. The summed E-state index contributed by atoms with van der Waals surface area (Å²) in [7, 11) is 1.58. The lowest BCUT2D eigenvalue weighted by Gasteiger charge is -2.27. The van der Waals surface area contributed by atoms with Crippen molar-refractivity contribution in [1.82, 2.24) is 4.90 Å². The molecule has 2 aromatic carbocycles. The minimum Gasteiger partial charge on any atom is -0.382 e. The molecule has 2 aliphatic rings. The minimum atomic E-state index is -0.738. The van der Waals surface area contributed by atoms with Crippen LogP contribution in [-0.4, -0.2) is 81.5 Å². The number of hydrogen-bond acceptors (Lipinski definition) is 6. The number of morpholine rings is 1. The van der Waals surface area contributed by atoms with Crippen molar-refractivity contribution < 1.29 is 28.6 Å². The van der Waals surface area contributed by atoms with Crippen molar-refractivity contribution in [1.29, 1.82) is 0 Å². The van der Waals surface area contributed by atoms with Gasteiger partial charge in [0.25, 0.3) is 5.91 Å². The average Bonchev–Trinajstić information content (AvgIpc) is 3.35. The Morgan fingerprint density at radius 2 is 1.78 bits per heavy atom. The molecule has 194 valence electrons. The zero-order valence-electron chi connectivity index (χ0n) is 20.6. The molecule has 0 unspecified atom stereocenters. The second-order valence-corrected chi connectivity index (χ2v) is 8.68. The van der Waals surface area contributed by atoms with Gasteiger partial charge in [0.2, 0.25) is 5.91 Å². The van der Waals surface area contributed by atoms with Gasteiger partial charge in [0.1, 0.15) is 12.6 Å². The molecule has 0 aliphatic carbocycles. The molecule has 2 aliphatic heterocycles. The fraction of sp³-hybridized carbons (Fsp3) is 0.370. The molecule has 2 saturated heterocycles. The number of likely N-dealkylation sites (tertiary alicyclic amines) is 1. The number of urea groups is 1. The highest BCUT2D eigenvalue weighted by Crippen LogP contribution is 2.25. The highest BCUT2D eigenvalue weighted by atomic mass is 16.5. The summed E-state index contributed by atoms with van der Waals surface area (Å²) in [4.78, 5) is 41.6. The maximum Gasteiger partial charge on any atom is 0.322 e. The molecule has 0 saturated carbocycles. The molecule has 37 heavy (non-hydrogen) atoms. The monoisotopic (exact) mass is 506 g/mol. The van der Waals surface area contributed by atoms with E-state index in [2.05, 4.69) is 16.6 Å². The predicted molar refractivity (Wildman–Crippen MR) is 138 cm³/mol. The third-order valence-corrected chi connectivity index (χ3v) is 6.20. The fourth-order valence-electron chi connectivity index (χ4n) is 4.28. The van der Waals surface area contributed by atoms with Crippen molar-refractivity contribution >= 4 is 34.9 Å². The molecule has 2 aromatic rings. The molecule has 4 rings (SSSR count). The van der Waals surface area contributed by atoms with E-state index in [1.54, 1.807) is 60.5 Å². The van der Waals surface area contributed by atoms with E-state index in [4.69, 9.17) is 20.6 Å². The third-order valence-electron chi connectivity index (χ3n) is 6.20. The number of amides is 4. The lowest BCUT2D eigenvalue weighted by atomic mass is 10.1. The van der Waals surface area contributed by atoms with Gasteiger partial charge in [-0.3, -0.25) is 9.59 Å². The molecule has 10 heteroatoms. The van der Waals surface area contributed by atoms with Crippen molar-refractivity contribution in [2.24, 2.45) is 0 Å². The van der Waals surface area contributed by atoms with Crippen LogP contribution in [0.1, 0.15) is 12.0 Å². The second kappa shape index (κ2) is 12.4. The van der Waals surface area contributed by atoms with E-state index in [1.165, 1.54) is 4.90 Å². The maximum atomic E-state index is 13.3. The van der Waals surface area contributed by atoms with Crippen molar-refractivity contribution in [3.8, 4) is 12.3 Å². The van der Waals surface area contributed by atoms with Gasteiger partial charge in [0, 0.05) is 49.2 Å². The number of rotatable bonds is 8. The number of nitrogens with zero attached hydrogens (tertiary/aromatic N) is 2. The van der Waals surface area contributed by atoms with Crippen LogP contribution in [0.2, 0.25) is 0 Å². The van der Waals surface area contributed by atoms with Crippen molar-refractivity contribution in [2.45, 2.75) is 18.6 Å². The summed E-state index contributed by atoms with van der Waals surface area (Å²) in [5, 5.41) is 5.72. The molecule has 0 aromatic heterocycles. The Morgan fingerprint density at radius 1 is 1.08 bits per heavy atom. The molecule has 0 radical (unpaired) electrons. The molecule has 2 heterocycles. The maximum absolute atomic E-state index is 13.3. The van der Waals surface area contributed by atoms with Gasteiger partial charge in [-0.2, -0.15) is 0 Å². The number of hydrogen-bond donors (Lipinski definition) is 2. The Balaban J connectivity index is 1.43. The highest BCUT2D eigenvalue weighted by molar-refractivity contribution is 6.00. The van der Waals surface area contributed by atoms with Gasteiger partial charge in [-0.15, -0.1) is 6.42 Å². The Kier molecular flexibility index (Phi) is 8.74. The zero-order chi connectivity index (χ0) is 26.2. The molecular formula is C27H30N4O6. The molecule has 4 amide bonds. The SMILES string of the molecule is C#Cc1ccc(NC(=O)N2C[C@H](OCCOC)C[C@@H]2C(=O)Nc2ccc(N3CCOCC3=O)cc2)cc1. The molecule has 10 nitrogen and oxygen atoms in total. The van der Waals surface area contributed by atoms with E-state index in [0.29, 0.717) is 49.7 Å². The molecule has 2 N–H and O–H groups in total. The van der Waals surface area contributed by atoms with Crippen molar-refractivity contribution in [3.63, 3.8) is 0 Å². The van der Waals surface area contributed by atoms with Crippen LogP contribution in [0.5, 0.6) is 0 Å². The average molecular weight is 507 g/mol. The van der Waals surface area contributed by atoms with Gasteiger partial charge in [-0.25, -0.2) is 4.79 Å². The smallest absolute Gasteiger partial charge is 0.322 e. The van der Waals surface area contributed by atoms with Crippen molar-refractivity contribution in [3.05, 3.63) is 54.1 Å². The first-order valence-corrected chi connectivity index (χ1v) is 12.0. The Labute approximate surface area is 215 Å². The summed E-state index contributed by atoms with van der Waals surface area (Å²) < 4.78 is 16.0. The van der Waals surface area contributed by atoms with Crippen LogP contribution >= 0.6 is 0 Å². The molecule has 2 atom stereocenters. The van der Waals surface area contributed by atoms with Crippen LogP contribution < -0.4 is 15.5 Å². The van der Waals surface area contributed by atoms with Crippen LogP contribution in [0.4, 0.5) is 21.9 Å². The van der Waals surface area contributed by atoms with E-state index in [-0.39, 0.29) is 31.1 Å². The largest absolute Gasteiger partial charge is 0.382 e. The number of terminal acetylenes is 1. The summed E-state index contributed by atoms with van der Waals surface area (Å²) in [5.41, 5.74) is 2.56. The lowest BCUT2D eigenvalue weighted by molar-refractivity contribution is -0.125. The van der Waals surface area contributed by atoms with Crippen LogP contribution in [0.3, 0.4) is 0 Å². The van der Waals surface area contributed by atoms with Crippen molar-refractivity contribution in [2.75, 3.05) is 62.2 Å². The van der Waals surface area contributed by atoms with Crippen LogP contribution in [-0.2, 0) is 23.8 Å². The molecule has 2 fully saturated rings. The topological polar surface area (TPSA) is 109 Å². The lowest BCUT2D eigenvalue weighted by Crippen LogP contribution is -2.45. The second-order valence-electron chi connectivity index (χ2n) is 8.68. The van der Waals surface area contributed by atoms with E-state index in [1.807, 2.05) is 0 Å². The standard InChI is InChI=1S/C27H30N4O6/c1-3-19-4-6-21(7-5-19)29-27(34)31-17-23(37-15-14-35-2)16-24(31)26(33)28-20-8-10-22(11-9-20)30-12-13-36-18-25(30)32/h1,4-11,23-24H,12-18H2,2H3,(H,28,33)(H,29,34)/t23-,24-/m1/s1. The summed E-state index contributed by atoms with van der Waals surface area (Å²) in [5.74, 6) is 2.10. The first-order chi connectivity index (χ1) is 18.0. The Bertz CT molecular complexity index is 1140. The van der Waals surface area contributed by atoms with E-state index >= 15 is 0 Å². The fourth-order valence-corrected chi connectivity index (χ4v) is 4.28. The molecule has 0 bridgehead atoms. The van der Waals surface area contributed by atoms with E-state index in [9.17, 15) is 14.4 Å². The summed E-state index contributed by atoms with van der Waals surface area (Å²) >= 11 is 0. The number of carbonyl (C=O) groups excluding carboxylic acids is 3. The number of nitrogens with one attached hydrogen (secondary N) is 2. The zero-order valence-corrected chi connectivity index (χ0v) is 20.6. The number of benzene rings is 2. The van der Waals surface area contributed by atoms with Gasteiger partial charge in [-0.05, 0) is 48.5 Å². The summed E-state index contributed by atoms with van der Waals surface area (Å²) in [6, 6.07) is 12.7.